The molecule has 0 spiro atoms. The monoisotopic (exact) mass is 980 g/mol. The topological polar surface area (TPSA) is 32.8 Å². The van der Waals surface area contributed by atoms with Crippen LogP contribution in [0.3, 0.4) is 0 Å². The van der Waals surface area contributed by atoms with Gasteiger partial charge in [0.2, 0.25) is 0 Å². The Morgan fingerprint density at radius 2 is 0.658 bits per heavy atom. The zero-order valence-corrected chi connectivity index (χ0v) is 43.3. The zero-order valence-electron chi connectivity index (χ0n) is 43.3. The van der Waals surface area contributed by atoms with Crippen LogP contribution < -0.4 is 9.80 Å². The average Bonchev–Trinajstić information content (AvgIpc) is 4.10. The zero-order chi connectivity index (χ0) is 51.0. The number of fused-ring (bicyclic) bond motifs is 6. The van der Waals surface area contributed by atoms with Crippen LogP contribution in [0.15, 0.2) is 227 Å². The Bertz CT molecular complexity index is 4190. The van der Waals surface area contributed by atoms with Crippen molar-refractivity contribution in [2.24, 2.45) is 0 Å². The molecule has 0 amide bonds. The van der Waals surface area contributed by atoms with Gasteiger partial charge in [0.05, 0.1) is 22.7 Å². The highest BCUT2D eigenvalue weighted by molar-refractivity contribution is 6.28. The smallest absolute Gasteiger partial charge is 0.143 e. The summed E-state index contributed by atoms with van der Waals surface area (Å²) in [5.74, 6) is 0. The van der Waals surface area contributed by atoms with Crippen molar-refractivity contribution < 1.29 is 8.83 Å². The minimum Gasteiger partial charge on any atom is -0.455 e. The van der Waals surface area contributed by atoms with Crippen molar-refractivity contribution in [1.29, 1.82) is 0 Å². The quantitative estimate of drug-likeness (QED) is 0.114. The summed E-state index contributed by atoms with van der Waals surface area (Å²) in [6.45, 7) is 9.11. The number of benzene rings is 12. The SMILES string of the molecule is CCc1cccc(CC)c1N(c1ccc(-c2cccc3c2oc2ccccc23)cc1)c1ccc2ccc3c(N(c4ccc(-c5cccc6c5oc5ccccc56)cc4)c4c(CC)cccc4CC)ccc4ccc1c2c43. The first-order valence-corrected chi connectivity index (χ1v) is 27.1. The van der Waals surface area contributed by atoms with E-state index in [1.807, 2.05) is 12.1 Å². The lowest BCUT2D eigenvalue weighted by molar-refractivity contribution is 0.669. The summed E-state index contributed by atoms with van der Waals surface area (Å²) in [5, 5.41) is 12.0. The second-order valence-electron chi connectivity index (χ2n) is 20.2. The molecule has 14 rings (SSSR count). The molecule has 366 valence electrons. The Morgan fingerprint density at radius 3 is 1.05 bits per heavy atom. The summed E-state index contributed by atoms with van der Waals surface area (Å²) in [6.07, 6.45) is 3.64. The molecule has 0 saturated carbocycles. The Kier molecular flexibility index (Phi) is 11.0. The van der Waals surface area contributed by atoms with Crippen molar-refractivity contribution >= 4 is 110 Å². The van der Waals surface area contributed by atoms with Crippen molar-refractivity contribution in [3.05, 3.63) is 241 Å². The van der Waals surface area contributed by atoms with E-state index in [1.54, 1.807) is 0 Å². The number of anilines is 6. The number of aryl methyl sites for hydroxylation is 4. The maximum atomic E-state index is 6.54. The van der Waals surface area contributed by atoms with Gasteiger partial charge in [0.15, 0.2) is 0 Å². The highest BCUT2D eigenvalue weighted by Gasteiger charge is 2.26. The van der Waals surface area contributed by atoms with Crippen molar-refractivity contribution in [2.75, 3.05) is 9.80 Å². The van der Waals surface area contributed by atoms with Gasteiger partial charge >= 0.3 is 0 Å². The summed E-state index contributed by atoms with van der Waals surface area (Å²) in [6, 6.07) is 80.4. The molecule has 0 N–H and O–H groups in total. The number of hydrogen-bond acceptors (Lipinski definition) is 4. The fraction of sp³-hybridized carbons (Fsp3) is 0.111. The molecule has 4 nitrogen and oxygen atoms in total. The number of para-hydroxylation sites is 6. The third-order valence-electron chi connectivity index (χ3n) is 16.2. The van der Waals surface area contributed by atoms with E-state index in [0.717, 1.165) is 115 Å². The molecule has 2 aromatic heterocycles. The maximum absolute atomic E-state index is 6.54. The van der Waals surface area contributed by atoms with Crippen LogP contribution >= 0.6 is 0 Å². The van der Waals surface area contributed by atoms with E-state index < -0.39 is 0 Å². The van der Waals surface area contributed by atoms with Gasteiger partial charge in [-0.15, -0.1) is 0 Å². The molecule has 0 aliphatic carbocycles. The molecule has 12 aromatic carbocycles. The number of hydrogen-bond donors (Lipinski definition) is 0. The predicted molar refractivity (Wildman–Crippen MR) is 322 cm³/mol. The summed E-state index contributed by atoms with van der Waals surface area (Å²) in [5.41, 5.74) is 20.4. The molecular weight excluding hydrogens is 925 g/mol. The highest BCUT2D eigenvalue weighted by Crippen LogP contribution is 2.50. The first-order valence-electron chi connectivity index (χ1n) is 27.1. The first kappa shape index (κ1) is 45.5. The Hall–Kier alpha value is -9.12. The first-order chi connectivity index (χ1) is 37.5. The van der Waals surface area contributed by atoms with Gasteiger partial charge < -0.3 is 18.6 Å². The molecule has 0 fully saturated rings. The van der Waals surface area contributed by atoms with E-state index in [1.165, 1.54) is 65.9 Å². The van der Waals surface area contributed by atoms with Gasteiger partial charge in [-0.1, -0.05) is 198 Å². The molecule has 0 aliphatic heterocycles. The summed E-state index contributed by atoms with van der Waals surface area (Å²) < 4.78 is 13.1. The van der Waals surface area contributed by atoms with Gasteiger partial charge in [-0.3, -0.25) is 0 Å². The molecule has 14 aromatic rings. The number of nitrogens with zero attached hydrogens (tertiary/aromatic N) is 2. The van der Waals surface area contributed by atoms with E-state index in [0.29, 0.717) is 0 Å². The highest BCUT2D eigenvalue weighted by atomic mass is 16.3. The Labute approximate surface area is 443 Å². The van der Waals surface area contributed by atoms with Crippen LogP contribution in [0.1, 0.15) is 49.9 Å². The Morgan fingerprint density at radius 1 is 0.303 bits per heavy atom. The molecule has 76 heavy (non-hydrogen) atoms. The molecule has 0 bridgehead atoms. The third-order valence-corrected chi connectivity index (χ3v) is 16.2. The maximum Gasteiger partial charge on any atom is 0.143 e. The molecule has 4 heteroatoms. The third kappa shape index (κ3) is 7.12. The van der Waals surface area contributed by atoms with Crippen molar-refractivity contribution in [2.45, 2.75) is 53.4 Å². The minimum atomic E-state index is 0.907. The summed E-state index contributed by atoms with van der Waals surface area (Å²) in [7, 11) is 0. The largest absolute Gasteiger partial charge is 0.455 e. The normalized spacial score (nSPS) is 11.9. The van der Waals surface area contributed by atoms with Crippen LogP contribution in [0, 0.1) is 0 Å². The van der Waals surface area contributed by atoms with E-state index in [9.17, 15) is 0 Å². The minimum absolute atomic E-state index is 0.907. The second kappa shape index (κ2) is 18.4. The fourth-order valence-corrected chi connectivity index (χ4v) is 12.5. The molecule has 2 heterocycles. The molecule has 0 unspecified atom stereocenters. The van der Waals surface area contributed by atoms with Gasteiger partial charge in [0.25, 0.3) is 0 Å². The van der Waals surface area contributed by atoms with E-state index >= 15 is 0 Å². The van der Waals surface area contributed by atoms with Crippen molar-refractivity contribution in [1.82, 2.24) is 0 Å². The van der Waals surface area contributed by atoms with Gasteiger partial charge in [-0.05, 0) is 129 Å². The Balaban J connectivity index is 0.954. The summed E-state index contributed by atoms with van der Waals surface area (Å²) in [4.78, 5) is 5.08. The van der Waals surface area contributed by atoms with Gasteiger partial charge in [-0.2, -0.15) is 0 Å². The van der Waals surface area contributed by atoms with E-state index in [4.69, 9.17) is 8.83 Å². The second-order valence-corrected chi connectivity index (χ2v) is 20.2. The molecule has 0 radical (unpaired) electrons. The van der Waals surface area contributed by atoms with E-state index in [2.05, 4.69) is 244 Å². The molecule has 0 saturated heterocycles. The van der Waals surface area contributed by atoms with Gasteiger partial charge in [0.1, 0.15) is 22.3 Å². The van der Waals surface area contributed by atoms with Gasteiger partial charge in [-0.25, -0.2) is 0 Å². The van der Waals surface area contributed by atoms with Crippen LogP contribution in [0.2, 0.25) is 0 Å². The predicted octanol–water partition coefficient (Wildman–Crippen LogP) is 20.9. The summed E-state index contributed by atoms with van der Waals surface area (Å²) >= 11 is 0. The molecule has 0 atom stereocenters. The van der Waals surface area contributed by atoms with E-state index in [-0.39, 0.29) is 0 Å². The van der Waals surface area contributed by atoms with Crippen LogP contribution in [0.5, 0.6) is 0 Å². The molecular formula is C72H56N2O2. The number of furan rings is 2. The van der Waals surface area contributed by atoms with Crippen LogP contribution in [0.25, 0.3) is 98.4 Å². The number of rotatable bonds is 12. The van der Waals surface area contributed by atoms with Crippen molar-refractivity contribution in [3.8, 4) is 22.3 Å². The fourth-order valence-electron chi connectivity index (χ4n) is 12.5. The lowest BCUT2D eigenvalue weighted by Gasteiger charge is -2.32. The van der Waals surface area contributed by atoms with Crippen LogP contribution in [0.4, 0.5) is 34.1 Å². The van der Waals surface area contributed by atoms with Crippen LogP contribution in [-0.4, -0.2) is 0 Å². The lowest BCUT2D eigenvalue weighted by atomic mass is 9.91. The van der Waals surface area contributed by atoms with Gasteiger partial charge in [0, 0.05) is 54.8 Å². The van der Waals surface area contributed by atoms with Crippen molar-refractivity contribution in [3.63, 3.8) is 0 Å². The lowest BCUT2D eigenvalue weighted by Crippen LogP contribution is -2.15. The van der Waals surface area contributed by atoms with Crippen LogP contribution in [-0.2, 0) is 25.7 Å². The standard InChI is InChI=1S/C72H56N2O2/c1-5-45-17-13-18-46(6-2)69(45)73(53-37-29-49(30-38-53)55-23-15-25-59-57-21-9-11-27-65(57)75-71(55)59)63-43-35-51-34-42-62-64(44-36-52-33-41-61(63)67(51)68(52)62)74(70-47(7-3)19-14-20-48(70)8-4)54-39-31-50(32-40-54)56-24-16-26-60-58-22-10-12-28-66(58)76-72(56)60/h9-44H,5-8H2,1-4H3. The molecule has 0 aliphatic rings. The average molecular weight is 981 g/mol.